The number of esters is 2. The van der Waals surface area contributed by atoms with Crippen molar-refractivity contribution >= 4 is 29.7 Å². The number of carbonyl (C=O) groups excluding carboxylic acids is 5. The van der Waals surface area contributed by atoms with Gasteiger partial charge in [0.05, 0.1) is 242 Å². The van der Waals surface area contributed by atoms with Gasteiger partial charge >= 0.3 is 11.9 Å². The molecule has 0 aliphatic carbocycles. The molecule has 508 valence electrons. The molecular formula is C63H102N2O24. The summed E-state index contributed by atoms with van der Waals surface area (Å²) in [4.78, 5) is 63.5. The van der Waals surface area contributed by atoms with Crippen LogP contribution in [0.4, 0.5) is 0 Å². The van der Waals surface area contributed by atoms with E-state index in [0.29, 0.717) is 215 Å². The third kappa shape index (κ3) is 42.8. The van der Waals surface area contributed by atoms with Gasteiger partial charge in [0.15, 0.2) is 0 Å². The second kappa shape index (κ2) is 53.8. The first-order chi connectivity index (χ1) is 43.5. The molecular weight excluding hydrogens is 1170 g/mol. The molecule has 2 aromatic carbocycles. The van der Waals surface area contributed by atoms with Crippen molar-refractivity contribution in [2.24, 2.45) is 0 Å². The molecule has 0 saturated heterocycles. The number of hydrogen-bond acceptors (Lipinski definition) is 24. The fraction of sp³-hybridized carbons (Fsp3) is 0.730. The van der Waals surface area contributed by atoms with Gasteiger partial charge in [-0.3, -0.25) is 24.1 Å². The third-order valence-corrected chi connectivity index (χ3v) is 12.1. The number of benzene rings is 2. The van der Waals surface area contributed by atoms with Gasteiger partial charge in [0.2, 0.25) is 5.91 Å². The number of ether oxygens (including phenoxy) is 19. The summed E-state index contributed by atoms with van der Waals surface area (Å²) >= 11 is 0. The lowest BCUT2D eigenvalue weighted by molar-refractivity contribution is -0.156. The van der Waals surface area contributed by atoms with Gasteiger partial charge in [0.1, 0.15) is 24.0 Å². The summed E-state index contributed by atoms with van der Waals surface area (Å²) < 4.78 is 105. The van der Waals surface area contributed by atoms with Crippen LogP contribution in [-0.2, 0) is 106 Å². The molecule has 1 heterocycles. The van der Waals surface area contributed by atoms with Crippen LogP contribution in [0.15, 0.2) is 48.5 Å². The van der Waals surface area contributed by atoms with E-state index in [9.17, 15) is 24.0 Å². The van der Waals surface area contributed by atoms with E-state index in [-0.39, 0.29) is 75.9 Å². The number of carbonyl (C=O) groups is 5. The Kier molecular flexibility index (Phi) is 47.4. The molecule has 2 aromatic rings. The average molecular weight is 1270 g/mol. The number of unbranched alkanes of at least 4 members (excludes halogenated alkanes) is 1. The zero-order chi connectivity index (χ0) is 63.9. The number of hydrogen-bond donors (Lipinski definition) is 1. The van der Waals surface area contributed by atoms with Gasteiger partial charge in [-0.1, -0.05) is 37.6 Å². The number of imide groups is 1. The number of nitrogens with one attached hydrogen (secondary N) is 1. The van der Waals surface area contributed by atoms with Crippen molar-refractivity contribution in [1.82, 2.24) is 10.2 Å². The average Bonchev–Trinajstić information content (AvgIpc) is 2.17. The molecule has 3 rings (SSSR count). The highest BCUT2D eigenvalue weighted by atomic mass is 16.6. The van der Waals surface area contributed by atoms with E-state index >= 15 is 0 Å². The highest BCUT2D eigenvalue weighted by Gasteiger charge is 2.34. The molecule has 0 saturated carbocycles. The summed E-state index contributed by atoms with van der Waals surface area (Å²) in [6.07, 6.45) is 2.11. The number of nitrogens with zero attached hydrogens (tertiary/aromatic N) is 1. The minimum atomic E-state index is -0.864. The normalized spacial score (nSPS) is 12.7. The smallest absolute Gasteiger partial charge is 0.328 e. The van der Waals surface area contributed by atoms with Crippen molar-refractivity contribution < 1.29 is 114 Å². The summed E-state index contributed by atoms with van der Waals surface area (Å²) in [6.45, 7) is 21.0. The molecule has 0 aromatic heterocycles. The predicted molar refractivity (Wildman–Crippen MR) is 323 cm³/mol. The Morgan fingerprint density at radius 2 is 0.764 bits per heavy atom. The van der Waals surface area contributed by atoms with Gasteiger partial charge in [0, 0.05) is 12.8 Å². The van der Waals surface area contributed by atoms with Crippen LogP contribution in [-0.4, -0.2) is 277 Å². The van der Waals surface area contributed by atoms with E-state index in [1.807, 2.05) is 39.8 Å². The fourth-order valence-corrected chi connectivity index (χ4v) is 7.65. The number of fused-ring (bicyclic) bond motifs is 1. The Morgan fingerprint density at radius 1 is 0.427 bits per heavy atom. The first-order valence-electron chi connectivity index (χ1n) is 31.1. The molecule has 0 fully saturated rings. The van der Waals surface area contributed by atoms with Gasteiger partial charge in [-0.15, -0.1) is 0 Å². The zero-order valence-electron chi connectivity index (χ0n) is 53.2. The standard InChI is InChI=1S/C63H102N2O24/c1-5-6-18-88-62(70)57(52-53-11-13-54(14-12-53)87-51-50-86-49-48-85-32-29-75-26-23-72-20-16-59(67)89-63(2,3)4)64-58(66)15-19-71-22-25-74-28-31-77-34-36-79-38-40-81-42-44-83-46-47-84-45-43-82-41-39-80-37-35-78-33-30-76-27-24-73-21-17-65-60(68)55-9-7-8-10-56(55)61(65)69/h7-14,57H,5-6,15-52H2,1-4H3,(H,64,66)/t57-/m0/s1. The van der Waals surface area contributed by atoms with Crippen LogP contribution in [0.1, 0.15) is 79.7 Å². The van der Waals surface area contributed by atoms with Gasteiger partial charge in [-0.05, 0) is 57.0 Å². The Labute approximate surface area is 525 Å². The molecule has 1 aliphatic heterocycles. The highest BCUT2D eigenvalue weighted by molar-refractivity contribution is 6.21. The molecule has 0 spiro atoms. The zero-order valence-corrected chi connectivity index (χ0v) is 53.2. The largest absolute Gasteiger partial charge is 0.491 e. The lowest BCUT2D eigenvalue weighted by atomic mass is 10.1. The Morgan fingerprint density at radius 3 is 1.12 bits per heavy atom. The van der Waals surface area contributed by atoms with Crippen molar-refractivity contribution in [3.63, 3.8) is 0 Å². The molecule has 0 bridgehead atoms. The molecule has 1 N–H and O–H groups in total. The van der Waals surface area contributed by atoms with Crippen molar-refractivity contribution in [1.29, 1.82) is 0 Å². The minimum absolute atomic E-state index is 0.0654. The Balaban J connectivity index is 1.00. The van der Waals surface area contributed by atoms with E-state index < -0.39 is 17.6 Å². The van der Waals surface area contributed by atoms with E-state index in [1.54, 1.807) is 36.4 Å². The summed E-state index contributed by atoms with van der Waals surface area (Å²) in [5.41, 5.74) is 1.18. The van der Waals surface area contributed by atoms with E-state index in [4.69, 9.17) is 90.0 Å². The first kappa shape index (κ1) is 78.4. The second-order valence-electron chi connectivity index (χ2n) is 20.5. The maximum absolute atomic E-state index is 13.0. The maximum atomic E-state index is 13.0. The van der Waals surface area contributed by atoms with Gasteiger partial charge in [-0.2, -0.15) is 0 Å². The van der Waals surface area contributed by atoms with E-state index in [2.05, 4.69) is 5.32 Å². The maximum Gasteiger partial charge on any atom is 0.328 e. The summed E-state index contributed by atoms with van der Waals surface area (Å²) in [5.74, 6) is -1.04. The van der Waals surface area contributed by atoms with E-state index in [1.165, 1.54) is 4.90 Å². The van der Waals surface area contributed by atoms with Crippen molar-refractivity contribution in [3.8, 4) is 5.75 Å². The lowest BCUT2D eigenvalue weighted by Crippen LogP contribution is -2.43. The molecule has 89 heavy (non-hydrogen) atoms. The molecule has 1 atom stereocenters. The lowest BCUT2D eigenvalue weighted by Gasteiger charge is -2.19. The van der Waals surface area contributed by atoms with Gasteiger partial charge in [0.25, 0.3) is 11.8 Å². The molecule has 0 unspecified atom stereocenters. The number of rotatable bonds is 62. The monoisotopic (exact) mass is 1270 g/mol. The van der Waals surface area contributed by atoms with Gasteiger partial charge in [-0.25, -0.2) is 4.79 Å². The second-order valence-corrected chi connectivity index (χ2v) is 20.5. The van der Waals surface area contributed by atoms with Crippen molar-refractivity contribution in [2.45, 2.75) is 71.4 Å². The fourth-order valence-electron chi connectivity index (χ4n) is 7.65. The molecule has 1 aliphatic rings. The highest BCUT2D eigenvalue weighted by Crippen LogP contribution is 2.22. The summed E-state index contributed by atoms with van der Waals surface area (Å²) in [6, 6.07) is 13.2. The van der Waals surface area contributed by atoms with Crippen LogP contribution in [0, 0.1) is 0 Å². The topological polar surface area (TPSA) is 276 Å². The SMILES string of the molecule is CCCCOC(=O)[C@H](Cc1ccc(OCCOCCOCCOCCOCCC(=O)OC(C)(C)C)cc1)NC(=O)CCOCCOCCOCCOCCOCCOCCOCCOCCOCCOCCOCCOCCN1C(=O)c2ccccc2C1=O. The quantitative estimate of drug-likeness (QED) is 0.0554. The van der Waals surface area contributed by atoms with Crippen LogP contribution < -0.4 is 10.1 Å². The third-order valence-electron chi connectivity index (χ3n) is 12.1. The van der Waals surface area contributed by atoms with Crippen LogP contribution >= 0.6 is 0 Å². The molecule has 3 amide bonds. The van der Waals surface area contributed by atoms with Crippen molar-refractivity contribution in [3.05, 3.63) is 65.2 Å². The minimum Gasteiger partial charge on any atom is -0.491 e. The summed E-state index contributed by atoms with van der Waals surface area (Å²) in [7, 11) is 0. The van der Waals surface area contributed by atoms with E-state index in [0.717, 1.165) is 18.4 Å². The predicted octanol–water partition coefficient (Wildman–Crippen LogP) is 4.12. The molecule has 26 heteroatoms. The molecule has 26 nitrogen and oxygen atoms in total. The van der Waals surface area contributed by atoms with Crippen molar-refractivity contribution in [2.75, 3.05) is 231 Å². The van der Waals surface area contributed by atoms with Crippen LogP contribution in [0.25, 0.3) is 0 Å². The Hall–Kier alpha value is -4.85. The Bertz CT molecular complexity index is 2060. The molecule has 0 radical (unpaired) electrons. The van der Waals surface area contributed by atoms with Crippen LogP contribution in [0.3, 0.4) is 0 Å². The number of amides is 3. The van der Waals surface area contributed by atoms with Gasteiger partial charge < -0.3 is 95.3 Å². The first-order valence-corrected chi connectivity index (χ1v) is 31.1. The van der Waals surface area contributed by atoms with Crippen LogP contribution in [0.5, 0.6) is 5.75 Å². The van der Waals surface area contributed by atoms with Crippen LogP contribution in [0.2, 0.25) is 0 Å². The summed E-state index contributed by atoms with van der Waals surface area (Å²) in [5, 5.41) is 2.81.